The van der Waals surface area contributed by atoms with Crippen molar-refractivity contribution in [2.45, 2.75) is 6.42 Å². The topological polar surface area (TPSA) is 69.7 Å². The molecule has 1 aromatic carbocycles. The zero-order valence-corrected chi connectivity index (χ0v) is 12.4. The second-order valence-corrected chi connectivity index (χ2v) is 5.29. The summed E-state index contributed by atoms with van der Waals surface area (Å²) in [6.07, 6.45) is 4.00. The van der Waals surface area contributed by atoms with Gasteiger partial charge in [-0.1, -0.05) is 18.2 Å². The Labute approximate surface area is 129 Å². The molecule has 22 heavy (non-hydrogen) atoms. The number of aromatic nitrogens is 1. The van der Waals surface area contributed by atoms with Gasteiger partial charge in [-0.2, -0.15) is 5.10 Å². The summed E-state index contributed by atoms with van der Waals surface area (Å²) >= 11 is 0. The van der Waals surface area contributed by atoms with Crippen LogP contribution in [0.1, 0.15) is 12.0 Å². The summed E-state index contributed by atoms with van der Waals surface area (Å²) in [5, 5.41) is 5.13. The van der Waals surface area contributed by atoms with Gasteiger partial charge in [-0.25, -0.2) is 5.43 Å². The average molecular weight is 300 g/mol. The summed E-state index contributed by atoms with van der Waals surface area (Å²) < 4.78 is 5.28. The van der Waals surface area contributed by atoms with Crippen LogP contribution in [0.15, 0.2) is 35.6 Å². The molecule has 2 heterocycles. The quantitative estimate of drug-likeness (QED) is 0.647. The molecule has 0 saturated carbocycles. The molecule has 6 nitrogen and oxygen atoms in total. The molecule has 0 unspecified atom stereocenters. The molecule has 0 aliphatic carbocycles. The maximum absolute atomic E-state index is 11.8. The molecule has 1 aromatic heterocycles. The minimum atomic E-state index is -0.0671. The Bertz CT molecular complexity index is 659. The molecule has 6 heteroatoms. The summed E-state index contributed by atoms with van der Waals surface area (Å²) in [6, 6.07) is 7.99. The van der Waals surface area contributed by atoms with Gasteiger partial charge in [-0.3, -0.25) is 9.69 Å². The number of carbonyl (C=O) groups excluding carboxylic acids is 1. The first-order valence-corrected chi connectivity index (χ1v) is 7.51. The first-order valence-electron chi connectivity index (χ1n) is 7.51. The van der Waals surface area contributed by atoms with Gasteiger partial charge >= 0.3 is 0 Å². The van der Waals surface area contributed by atoms with Crippen LogP contribution in [-0.4, -0.2) is 54.9 Å². The van der Waals surface area contributed by atoms with E-state index in [-0.39, 0.29) is 5.91 Å². The van der Waals surface area contributed by atoms with Crippen LogP contribution >= 0.6 is 0 Å². The van der Waals surface area contributed by atoms with Crippen molar-refractivity contribution in [3.05, 3.63) is 36.0 Å². The molecule has 3 rings (SSSR count). The summed E-state index contributed by atoms with van der Waals surface area (Å²) in [5.41, 5.74) is 4.60. The lowest BCUT2D eigenvalue weighted by Crippen LogP contribution is -2.38. The summed E-state index contributed by atoms with van der Waals surface area (Å²) in [6.45, 7) is 4.04. The molecular weight excluding hydrogens is 280 g/mol. The molecule has 0 bridgehead atoms. The number of para-hydroxylation sites is 1. The number of benzene rings is 1. The zero-order valence-electron chi connectivity index (χ0n) is 12.4. The van der Waals surface area contributed by atoms with Crippen molar-refractivity contribution in [3.63, 3.8) is 0 Å². The van der Waals surface area contributed by atoms with Crippen LogP contribution in [0.25, 0.3) is 10.9 Å². The molecule has 1 fully saturated rings. The molecule has 2 N–H and O–H groups in total. The van der Waals surface area contributed by atoms with E-state index in [1.807, 2.05) is 30.5 Å². The van der Waals surface area contributed by atoms with E-state index >= 15 is 0 Å². The van der Waals surface area contributed by atoms with E-state index in [1.165, 1.54) is 0 Å². The van der Waals surface area contributed by atoms with Crippen molar-refractivity contribution >= 4 is 23.0 Å². The van der Waals surface area contributed by atoms with Gasteiger partial charge in [0.15, 0.2) is 0 Å². The number of rotatable bonds is 5. The predicted octanol–water partition coefficient (Wildman–Crippen LogP) is 1.34. The van der Waals surface area contributed by atoms with Crippen LogP contribution < -0.4 is 5.43 Å². The predicted molar refractivity (Wildman–Crippen MR) is 85.9 cm³/mol. The van der Waals surface area contributed by atoms with Crippen molar-refractivity contribution in [2.24, 2.45) is 5.10 Å². The highest BCUT2D eigenvalue weighted by Crippen LogP contribution is 2.15. The second kappa shape index (κ2) is 7.20. The number of nitrogens with zero attached hydrogens (tertiary/aromatic N) is 2. The van der Waals surface area contributed by atoms with E-state index < -0.39 is 0 Å². The summed E-state index contributed by atoms with van der Waals surface area (Å²) in [4.78, 5) is 17.2. The van der Waals surface area contributed by atoms with Gasteiger partial charge in [0.2, 0.25) is 5.91 Å². The summed E-state index contributed by atoms with van der Waals surface area (Å²) in [7, 11) is 0. The van der Waals surface area contributed by atoms with Crippen LogP contribution in [0.2, 0.25) is 0 Å². The Kier molecular flexibility index (Phi) is 4.82. The molecule has 116 valence electrons. The standard InChI is InChI=1S/C16H20N4O2/c21-16(5-6-20-7-9-22-10-8-20)19-18-12-13-11-17-15-4-2-1-3-14(13)15/h1-4,11-12,17H,5-10H2,(H,19,21). The van der Waals surface area contributed by atoms with Gasteiger partial charge in [0.05, 0.1) is 19.4 Å². The number of nitrogens with one attached hydrogen (secondary N) is 2. The highest BCUT2D eigenvalue weighted by Gasteiger charge is 2.11. The fourth-order valence-electron chi connectivity index (χ4n) is 2.51. The molecule has 0 spiro atoms. The molecule has 0 atom stereocenters. The lowest BCUT2D eigenvalue weighted by atomic mass is 10.2. The average Bonchev–Trinajstić information content (AvgIpc) is 2.97. The monoisotopic (exact) mass is 300 g/mol. The Morgan fingerprint density at radius 3 is 3.05 bits per heavy atom. The molecular formula is C16H20N4O2. The summed E-state index contributed by atoms with van der Waals surface area (Å²) in [5.74, 6) is -0.0671. The van der Waals surface area contributed by atoms with Crippen molar-refractivity contribution < 1.29 is 9.53 Å². The Morgan fingerprint density at radius 1 is 1.36 bits per heavy atom. The fourth-order valence-corrected chi connectivity index (χ4v) is 2.51. The van der Waals surface area contributed by atoms with Gasteiger partial charge in [0.1, 0.15) is 0 Å². The first-order chi connectivity index (χ1) is 10.8. The highest BCUT2D eigenvalue weighted by molar-refractivity contribution is 5.99. The number of morpholine rings is 1. The maximum Gasteiger partial charge on any atom is 0.241 e. The lowest BCUT2D eigenvalue weighted by molar-refractivity contribution is -0.121. The Hall–Kier alpha value is -2.18. The molecule has 1 saturated heterocycles. The van der Waals surface area contributed by atoms with E-state index in [4.69, 9.17) is 4.74 Å². The van der Waals surface area contributed by atoms with E-state index in [2.05, 4.69) is 20.4 Å². The molecule has 1 amide bonds. The normalized spacial score (nSPS) is 16.4. The van der Waals surface area contributed by atoms with Crippen LogP contribution in [0.4, 0.5) is 0 Å². The number of aromatic amines is 1. The van der Waals surface area contributed by atoms with Crippen LogP contribution in [0.5, 0.6) is 0 Å². The SMILES string of the molecule is O=C(CCN1CCOCC1)NN=Cc1c[nH]c2ccccc12. The van der Waals surface area contributed by atoms with E-state index in [0.717, 1.165) is 49.3 Å². The van der Waals surface area contributed by atoms with E-state index in [9.17, 15) is 4.79 Å². The lowest BCUT2D eigenvalue weighted by Gasteiger charge is -2.25. The van der Waals surface area contributed by atoms with Gasteiger partial charge in [-0.05, 0) is 6.07 Å². The number of hydrogen-bond donors (Lipinski definition) is 2. The number of H-pyrrole nitrogens is 1. The van der Waals surface area contributed by atoms with Gasteiger partial charge in [0, 0.05) is 48.7 Å². The zero-order chi connectivity index (χ0) is 15.2. The smallest absolute Gasteiger partial charge is 0.241 e. The fraction of sp³-hybridized carbons (Fsp3) is 0.375. The van der Waals surface area contributed by atoms with Crippen molar-refractivity contribution in [1.29, 1.82) is 0 Å². The van der Waals surface area contributed by atoms with Crippen LogP contribution in [0, 0.1) is 0 Å². The van der Waals surface area contributed by atoms with Crippen molar-refractivity contribution in [3.8, 4) is 0 Å². The van der Waals surface area contributed by atoms with E-state index in [1.54, 1.807) is 6.21 Å². The number of carbonyl (C=O) groups is 1. The minimum Gasteiger partial charge on any atom is -0.379 e. The number of fused-ring (bicyclic) bond motifs is 1. The number of ether oxygens (including phenoxy) is 1. The van der Waals surface area contributed by atoms with Crippen LogP contribution in [0.3, 0.4) is 0 Å². The minimum absolute atomic E-state index is 0.0671. The van der Waals surface area contributed by atoms with Crippen molar-refractivity contribution in [1.82, 2.24) is 15.3 Å². The maximum atomic E-state index is 11.8. The highest BCUT2D eigenvalue weighted by atomic mass is 16.5. The first kappa shape index (κ1) is 14.7. The molecule has 1 aliphatic rings. The van der Waals surface area contributed by atoms with Gasteiger partial charge < -0.3 is 9.72 Å². The Balaban J connectivity index is 1.48. The number of hydrogen-bond acceptors (Lipinski definition) is 4. The van der Waals surface area contributed by atoms with Gasteiger partial charge in [0.25, 0.3) is 0 Å². The third-order valence-electron chi connectivity index (χ3n) is 3.77. The van der Waals surface area contributed by atoms with E-state index in [0.29, 0.717) is 6.42 Å². The third-order valence-corrected chi connectivity index (χ3v) is 3.77. The van der Waals surface area contributed by atoms with Gasteiger partial charge in [-0.15, -0.1) is 0 Å². The number of amides is 1. The largest absolute Gasteiger partial charge is 0.379 e. The number of hydrazone groups is 1. The molecule has 0 radical (unpaired) electrons. The third kappa shape index (κ3) is 3.72. The van der Waals surface area contributed by atoms with Crippen molar-refractivity contribution in [2.75, 3.05) is 32.8 Å². The second-order valence-electron chi connectivity index (χ2n) is 5.29. The molecule has 2 aromatic rings. The van der Waals surface area contributed by atoms with Crippen LogP contribution in [-0.2, 0) is 9.53 Å². The Morgan fingerprint density at radius 2 is 2.18 bits per heavy atom. The molecule has 1 aliphatic heterocycles.